The number of benzene rings is 1. The molecule has 1 heterocycles. The van der Waals surface area contributed by atoms with Crippen molar-refractivity contribution in [3.05, 3.63) is 30.1 Å². The quantitative estimate of drug-likeness (QED) is 0.864. The molecule has 0 fully saturated rings. The summed E-state index contributed by atoms with van der Waals surface area (Å²) in [5, 5.41) is 2.82. The fourth-order valence-electron chi connectivity index (χ4n) is 2.06. The van der Waals surface area contributed by atoms with Crippen LogP contribution in [0.15, 0.2) is 24.3 Å². The van der Waals surface area contributed by atoms with Crippen molar-refractivity contribution in [2.24, 2.45) is 0 Å². The highest BCUT2D eigenvalue weighted by Gasteiger charge is 2.20. The van der Waals surface area contributed by atoms with Crippen LogP contribution >= 0.6 is 11.6 Å². The Morgan fingerprint density at radius 3 is 2.89 bits per heavy atom. The molecule has 1 unspecified atom stereocenters. The van der Waals surface area contributed by atoms with E-state index in [0.717, 1.165) is 16.9 Å². The molecule has 0 radical (unpaired) electrons. The number of halogens is 1. The van der Waals surface area contributed by atoms with E-state index < -0.39 is 0 Å². The van der Waals surface area contributed by atoms with Gasteiger partial charge in [-0.3, -0.25) is 4.79 Å². The zero-order valence-electron chi connectivity index (χ0n) is 10.5. The molecule has 0 bridgehead atoms. The summed E-state index contributed by atoms with van der Waals surface area (Å²) in [6.45, 7) is 4.38. The lowest BCUT2D eigenvalue weighted by Gasteiger charge is -2.16. The number of amides is 1. The van der Waals surface area contributed by atoms with Gasteiger partial charge < -0.3 is 9.88 Å². The zero-order chi connectivity index (χ0) is 13.1. The van der Waals surface area contributed by atoms with Gasteiger partial charge in [-0.25, -0.2) is 4.98 Å². The lowest BCUT2D eigenvalue weighted by atomic mass is 10.2. The molecule has 2 rings (SSSR count). The lowest BCUT2D eigenvalue weighted by molar-refractivity contribution is -0.123. The molecule has 0 spiro atoms. The maximum atomic E-state index is 12.0. The largest absolute Gasteiger partial charge is 0.355 e. The molecule has 5 heteroatoms. The number of nitrogens with one attached hydrogen (secondary N) is 1. The Bertz CT molecular complexity index is 564. The first kappa shape index (κ1) is 12.9. The van der Waals surface area contributed by atoms with Crippen LogP contribution in [0.5, 0.6) is 0 Å². The van der Waals surface area contributed by atoms with Crippen LogP contribution in [0.1, 0.15) is 25.7 Å². The first-order chi connectivity index (χ1) is 8.69. The van der Waals surface area contributed by atoms with Gasteiger partial charge in [-0.2, -0.15) is 0 Å². The van der Waals surface area contributed by atoms with Gasteiger partial charge in [0, 0.05) is 6.54 Å². The number of likely N-dealkylation sites (N-methyl/N-ethyl adjacent to an activating group) is 1. The Balaban J connectivity index is 2.50. The molecular weight excluding hydrogens is 250 g/mol. The van der Waals surface area contributed by atoms with Crippen molar-refractivity contribution in [1.29, 1.82) is 0 Å². The number of para-hydroxylation sites is 2. The molecule has 0 aliphatic heterocycles. The molecule has 1 N–H and O–H groups in total. The van der Waals surface area contributed by atoms with E-state index in [-0.39, 0.29) is 11.9 Å². The molecule has 4 nitrogen and oxygen atoms in total. The van der Waals surface area contributed by atoms with Crippen LogP contribution in [0, 0.1) is 0 Å². The average molecular weight is 266 g/mol. The van der Waals surface area contributed by atoms with Crippen LogP contribution in [0.4, 0.5) is 0 Å². The molecule has 0 aliphatic carbocycles. The van der Waals surface area contributed by atoms with Gasteiger partial charge >= 0.3 is 0 Å². The van der Waals surface area contributed by atoms with Crippen LogP contribution in [-0.4, -0.2) is 22.0 Å². The molecule has 1 amide bonds. The molecule has 0 saturated carbocycles. The number of carbonyl (C=O) groups is 1. The van der Waals surface area contributed by atoms with Crippen molar-refractivity contribution in [3.8, 4) is 0 Å². The van der Waals surface area contributed by atoms with Crippen molar-refractivity contribution in [1.82, 2.24) is 14.9 Å². The number of fused-ring (bicyclic) bond motifs is 1. The van der Waals surface area contributed by atoms with Gasteiger partial charge in [0.1, 0.15) is 11.9 Å². The summed E-state index contributed by atoms with van der Waals surface area (Å²) in [6, 6.07) is 7.42. The Morgan fingerprint density at radius 2 is 2.22 bits per heavy atom. The second-order valence-corrected chi connectivity index (χ2v) is 4.36. The normalized spacial score (nSPS) is 12.6. The van der Waals surface area contributed by atoms with Crippen LogP contribution in [0.25, 0.3) is 11.0 Å². The summed E-state index contributed by atoms with van der Waals surface area (Å²) in [7, 11) is 0. The minimum absolute atomic E-state index is 0.0213. The highest BCUT2D eigenvalue weighted by molar-refractivity contribution is 6.16. The number of hydrogen-bond donors (Lipinski definition) is 1. The molecule has 2 aromatic rings. The van der Waals surface area contributed by atoms with E-state index in [1.54, 1.807) is 0 Å². The Labute approximate surface area is 111 Å². The maximum absolute atomic E-state index is 12.0. The van der Waals surface area contributed by atoms with Crippen molar-refractivity contribution >= 4 is 28.5 Å². The number of carbonyl (C=O) groups excluding carboxylic acids is 1. The molecular formula is C13H16ClN3O. The van der Waals surface area contributed by atoms with E-state index >= 15 is 0 Å². The molecule has 0 aliphatic rings. The van der Waals surface area contributed by atoms with Crippen molar-refractivity contribution in [2.45, 2.75) is 25.8 Å². The summed E-state index contributed by atoms with van der Waals surface area (Å²) in [5.74, 6) is 0.988. The predicted molar refractivity (Wildman–Crippen MR) is 72.7 cm³/mol. The number of rotatable bonds is 4. The average Bonchev–Trinajstić information content (AvgIpc) is 2.76. The molecule has 0 saturated heterocycles. The van der Waals surface area contributed by atoms with Crippen LogP contribution < -0.4 is 5.32 Å². The van der Waals surface area contributed by atoms with Gasteiger partial charge in [-0.15, -0.1) is 11.6 Å². The smallest absolute Gasteiger partial charge is 0.242 e. The topological polar surface area (TPSA) is 46.9 Å². The number of nitrogens with zero attached hydrogens (tertiary/aromatic N) is 2. The maximum Gasteiger partial charge on any atom is 0.242 e. The first-order valence-electron chi connectivity index (χ1n) is 5.98. The van der Waals surface area contributed by atoms with Crippen LogP contribution in [0.3, 0.4) is 0 Å². The monoisotopic (exact) mass is 265 g/mol. The van der Waals surface area contributed by atoms with Gasteiger partial charge in [0.15, 0.2) is 0 Å². The summed E-state index contributed by atoms with van der Waals surface area (Å²) in [6.07, 6.45) is 0. The Hall–Kier alpha value is -1.55. The zero-order valence-corrected chi connectivity index (χ0v) is 11.2. The summed E-state index contributed by atoms with van der Waals surface area (Å²) in [5.41, 5.74) is 1.80. The van der Waals surface area contributed by atoms with Gasteiger partial charge in [0.25, 0.3) is 0 Å². The minimum atomic E-state index is -0.314. The van der Waals surface area contributed by atoms with Crippen LogP contribution in [-0.2, 0) is 10.7 Å². The van der Waals surface area contributed by atoms with E-state index in [2.05, 4.69) is 10.3 Å². The Morgan fingerprint density at radius 1 is 1.50 bits per heavy atom. The fraction of sp³-hybridized carbons (Fsp3) is 0.385. The molecule has 18 heavy (non-hydrogen) atoms. The molecule has 96 valence electrons. The number of hydrogen-bond acceptors (Lipinski definition) is 2. The Kier molecular flexibility index (Phi) is 3.87. The van der Waals surface area contributed by atoms with E-state index in [1.807, 2.05) is 42.7 Å². The number of alkyl halides is 1. The summed E-state index contributed by atoms with van der Waals surface area (Å²) >= 11 is 5.91. The first-order valence-corrected chi connectivity index (χ1v) is 6.52. The van der Waals surface area contributed by atoms with E-state index in [0.29, 0.717) is 12.4 Å². The van der Waals surface area contributed by atoms with E-state index in [4.69, 9.17) is 11.6 Å². The lowest BCUT2D eigenvalue weighted by Crippen LogP contribution is -2.31. The second-order valence-electron chi connectivity index (χ2n) is 4.09. The summed E-state index contributed by atoms with van der Waals surface area (Å²) < 4.78 is 1.90. The van der Waals surface area contributed by atoms with Gasteiger partial charge in [-0.1, -0.05) is 12.1 Å². The minimum Gasteiger partial charge on any atom is -0.355 e. The standard InChI is InChI=1S/C13H16ClN3O/c1-3-15-13(18)9(2)17-11-7-5-4-6-10(11)16-12(17)8-14/h4-7,9H,3,8H2,1-2H3,(H,15,18). The van der Waals surface area contributed by atoms with E-state index in [9.17, 15) is 4.79 Å². The highest BCUT2D eigenvalue weighted by Crippen LogP contribution is 2.22. The molecule has 1 atom stereocenters. The third-order valence-corrected chi connectivity index (χ3v) is 3.15. The molecule has 1 aromatic carbocycles. The highest BCUT2D eigenvalue weighted by atomic mass is 35.5. The van der Waals surface area contributed by atoms with Gasteiger partial charge in [0.05, 0.1) is 16.9 Å². The number of imidazole rings is 1. The third kappa shape index (κ3) is 2.20. The van der Waals surface area contributed by atoms with Crippen LogP contribution in [0.2, 0.25) is 0 Å². The SMILES string of the molecule is CCNC(=O)C(C)n1c(CCl)nc2ccccc21. The van der Waals surface area contributed by atoms with Gasteiger partial charge in [-0.05, 0) is 26.0 Å². The van der Waals surface area contributed by atoms with Crippen molar-refractivity contribution in [3.63, 3.8) is 0 Å². The van der Waals surface area contributed by atoms with Crippen molar-refractivity contribution < 1.29 is 4.79 Å². The predicted octanol–water partition coefficient (Wildman–Crippen LogP) is 2.47. The van der Waals surface area contributed by atoms with Gasteiger partial charge in [0.2, 0.25) is 5.91 Å². The number of aromatic nitrogens is 2. The third-order valence-electron chi connectivity index (χ3n) is 2.91. The fourth-order valence-corrected chi connectivity index (χ4v) is 2.25. The second kappa shape index (κ2) is 5.40. The molecule has 1 aromatic heterocycles. The summed E-state index contributed by atoms with van der Waals surface area (Å²) in [4.78, 5) is 16.4. The van der Waals surface area contributed by atoms with E-state index in [1.165, 1.54) is 0 Å². The van der Waals surface area contributed by atoms with Crippen molar-refractivity contribution in [2.75, 3.05) is 6.54 Å².